The first-order valence-electron chi connectivity index (χ1n) is 6.56. The van der Waals surface area contributed by atoms with E-state index in [0.29, 0.717) is 0 Å². The molecule has 2 atom stereocenters. The van der Waals surface area contributed by atoms with E-state index >= 15 is 0 Å². The number of rotatable bonds is 3. The molecule has 2 aliphatic rings. The van der Waals surface area contributed by atoms with Crippen LogP contribution in [0.3, 0.4) is 0 Å². The number of nitrogens with zero attached hydrogens (tertiary/aromatic N) is 2. The van der Waals surface area contributed by atoms with Gasteiger partial charge in [0.2, 0.25) is 0 Å². The maximum atomic E-state index is 6.45. The lowest BCUT2D eigenvalue weighted by Gasteiger charge is -2.32. The molecule has 1 aliphatic heterocycles. The molecule has 5 nitrogen and oxygen atoms in total. The first kappa shape index (κ1) is 11.9. The van der Waals surface area contributed by atoms with Crippen LogP contribution in [-0.4, -0.2) is 40.7 Å². The van der Waals surface area contributed by atoms with Gasteiger partial charge in [-0.2, -0.15) is 0 Å². The molecule has 1 aromatic rings. The smallest absolute Gasteiger partial charge is 0.126 e. The Labute approximate surface area is 108 Å². The van der Waals surface area contributed by atoms with Gasteiger partial charge in [0.1, 0.15) is 5.82 Å². The summed E-state index contributed by atoms with van der Waals surface area (Å²) in [6.07, 6.45) is 5.04. The van der Waals surface area contributed by atoms with Crippen molar-refractivity contribution in [1.29, 1.82) is 0 Å². The van der Waals surface area contributed by atoms with Gasteiger partial charge in [0.05, 0.1) is 6.67 Å². The van der Waals surface area contributed by atoms with Crippen LogP contribution in [0.15, 0.2) is 24.4 Å². The van der Waals surface area contributed by atoms with Crippen molar-refractivity contribution in [2.45, 2.75) is 30.3 Å². The van der Waals surface area contributed by atoms with Crippen LogP contribution in [0.4, 0.5) is 5.82 Å². The standard InChI is InChI=1S/C13H21N5/c14-12-5-3-6-13(12,15)9-18(8-12)10-17-11-4-1-2-7-16-11/h1-2,4,7H,3,5-6,8-10,14-15H2,(H,16,17)/t12-,13+. The molecule has 98 valence electrons. The highest BCUT2D eigenvalue weighted by molar-refractivity contribution is 5.33. The van der Waals surface area contributed by atoms with Crippen molar-refractivity contribution in [2.24, 2.45) is 11.5 Å². The molecule has 1 saturated carbocycles. The van der Waals surface area contributed by atoms with Crippen LogP contribution >= 0.6 is 0 Å². The van der Waals surface area contributed by atoms with Gasteiger partial charge < -0.3 is 16.8 Å². The third-order valence-electron chi connectivity index (χ3n) is 4.40. The van der Waals surface area contributed by atoms with E-state index in [1.807, 2.05) is 18.2 Å². The second-order valence-corrected chi connectivity index (χ2v) is 5.70. The molecular formula is C13H21N5. The van der Waals surface area contributed by atoms with Gasteiger partial charge in [0.25, 0.3) is 0 Å². The third-order valence-corrected chi connectivity index (χ3v) is 4.40. The van der Waals surface area contributed by atoms with Crippen molar-refractivity contribution < 1.29 is 0 Å². The SMILES string of the molecule is N[C@@]12CCC[C@]1(N)CN(CNc1ccccn1)C2. The van der Waals surface area contributed by atoms with Crippen LogP contribution in [0.1, 0.15) is 19.3 Å². The molecule has 0 spiro atoms. The van der Waals surface area contributed by atoms with Crippen LogP contribution < -0.4 is 16.8 Å². The molecule has 0 amide bonds. The molecule has 18 heavy (non-hydrogen) atoms. The normalized spacial score (nSPS) is 35.7. The molecule has 5 heteroatoms. The average molecular weight is 247 g/mol. The van der Waals surface area contributed by atoms with Crippen LogP contribution in [0, 0.1) is 0 Å². The predicted molar refractivity (Wildman–Crippen MR) is 72.0 cm³/mol. The van der Waals surface area contributed by atoms with Crippen molar-refractivity contribution in [3.63, 3.8) is 0 Å². The zero-order valence-corrected chi connectivity index (χ0v) is 10.6. The maximum Gasteiger partial charge on any atom is 0.126 e. The van der Waals surface area contributed by atoms with Crippen molar-refractivity contribution in [3.8, 4) is 0 Å². The number of pyridine rings is 1. The Morgan fingerprint density at radius 3 is 2.56 bits per heavy atom. The Hall–Kier alpha value is -1.17. The van der Waals surface area contributed by atoms with Gasteiger partial charge in [-0.25, -0.2) is 4.98 Å². The zero-order valence-electron chi connectivity index (χ0n) is 10.6. The van der Waals surface area contributed by atoms with Gasteiger partial charge in [0, 0.05) is 30.4 Å². The lowest BCUT2D eigenvalue weighted by atomic mass is 9.85. The highest BCUT2D eigenvalue weighted by atomic mass is 15.3. The Kier molecular flexibility index (Phi) is 2.77. The summed E-state index contributed by atoms with van der Waals surface area (Å²) in [6, 6.07) is 5.85. The molecule has 0 radical (unpaired) electrons. The Morgan fingerprint density at radius 2 is 1.94 bits per heavy atom. The Bertz CT molecular complexity index is 405. The van der Waals surface area contributed by atoms with Crippen molar-refractivity contribution in [2.75, 3.05) is 25.1 Å². The minimum absolute atomic E-state index is 0.196. The molecule has 5 N–H and O–H groups in total. The van der Waals surface area contributed by atoms with E-state index in [0.717, 1.165) is 44.8 Å². The highest BCUT2D eigenvalue weighted by Gasteiger charge is 2.55. The van der Waals surface area contributed by atoms with Crippen molar-refractivity contribution >= 4 is 5.82 Å². The topological polar surface area (TPSA) is 80.2 Å². The number of fused-ring (bicyclic) bond motifs is 1. The first-order valence-corrected chi connectivity index (χ1v) is 6.56. The molecule has 3 rings (SSSR count). The molecule has 0 unspecified atom stereocenters. The lowest BCUT2D eigenvalue weighted by Crippen LogP contribution is -2.61. The summed E-state index contributed by atoms with van der Waals surface area (Å²) in [5.41, 5.74) is 12.5. The number of hydrogen-bond acceptors (Lipinski definition) is 5. The number of anilines is 1. The maximum absolute atomic E-state index is 6.45. The number of nitrogens with two attached hydrogens (primary N) is 2. The number of likely N-dealkylation sites (tertiary alicyclic amines) is 1. The quantitative estimate of drug-likeness (QED) is 0.718. The summed E-state index contributed by atoms with van der Waals surface area (Å²) < 4.78 is 0. The van der Waals surface area contributed by atoms with E-state index in [-0.39, 0.29) is 11.1 Å². The summed E-state index contributed by atoms with van der Waals surface area (Å²) in [5.74, 6) is 0.895. The van der Waals surface area contributed by atoms with Crippen molar-refractivity contribution in [3.05, 3.63) is 24.4 Å². The fourth-order valence-corrected chi connectivity index (χ4v) is 3.32. The van der Waals surface area contributed by atoms with Crippen LogP contribution in [0.5, 0.6) is 0 Å². The van der Waals surface area contributed by atoms with Crippen LogP contribution in [-0.2, 0) is 0 Å². The van der Waals surface area contributed by atoms with Gasteiger partial charge in [0.15, 0.2) is 0 Å². The van der Waals surface area contributed by atoms with Crippen LogP contribution in [0.2, 0.25) is 0 Å². The second kappa shape index (κ2) is 4.19. The Balaban J connectivity index is 1.60. The van der Waals surface area contributed by atoms with Crippen molar-refractivity contribution in [1.82, 2.24) is 9.88 Å². The third kappa shape index (κ3) is 1.88. The summed E-state index contributed by atoms with van der Waals surface area (Å²) in [5, 5.41) is 3.31. The minimum atomic E-state index is -0.196. The summed E-state index contributed by atoms with van der Waals surface area (Å²) >= 11 is 0. The second-order valence-electron chi connectivity index (χ2n) is 5.70. The van der Waals surface area contributed by atoms with Gasteiger partial charge in [-0.05, 0) is 31.4 Å². The highest BCUT2D eigenvalue weighted by Crippen LogP contribution is 2.41. The van der Waals surface area contributed by atoms with E-state index in [9.17, 15) is 0 Å². The predicted octanol–water partition coefficient (Wildman–Crippen LogP) is 0.345. The molecule has 0 aromatic carbocycles. The molecule has 0 bridgehead atoms. The lowest BCUT2D eigenvalue weighted by molar-refractivity contribution is 0.321. The number of nitrogens with one attached hydrogen (secondary N) is 1. The van der Waals surface area contributed by atoms with E-state index in [1.165, 1.54) is 0 Å². The molecule has 2 fully saturated rings. The van der Waals surface area contributed by atoms with Gasteiger partial charge in [-0.1, -0.05) is 6.07 Å². The first-order chi connectivity index (χ1) is 8.61. The fourth-order valence-electron chi connectivity index (χ4n) is 3.32. The molecule has 1 saturated heterocycles. The molecular weight excluding hydrogens is 226 g/mol. The van der Waals surface area contributed by atoms with E-state index in [1.54, 1.807) is 6.20 Å². The monoisotopic (exact) mass is 247 g/mol. The van der Waals surface area contributed by atoms with Gasteiger partial charge in [-0.15, -0.1) is 0 Å². The average Bonchev–Trinajstić information content (AvgIpc) is 2.76. The summed E-state index contributed by atoms with van der Waals surface area (Å²) in [7, 11) is 0. The summed E-state index contributed by atoms with van der Waals surface area (Å²) in [6.45, 7) is 2.52. The van der Waals surface area contributed by atoms with Gasteiger partial charge >= 0.3 is 0 Å². The minimum Gasteiger partial charge on any atom is -0.357 e. The largest absolute Gasteiger partial charge is 0.357 e. The molecule has 2 heterocycles. The summed E-state index contributed by atoms with van der Waals surface area (Å²) in [4.78, 5) is 6.55. The molecule has 1 aromatic heterocycles. The number of aromatic nitrogens is 1. The van der Waals surface area contributed by atoms with E-state index in [2.05, 4.69) is 15.2 Å². The van der Waals surface area contributed by atoms with Gasteiger partial charge in [-0.3, -0.25) is 4.90 Å². The van der Waals surface area contributed by atoms with E-state index in [4.69, 9.17) is 11.5 Å². The van der Waals surface area contributed by atoms with Crippen LogP contribution in [0.25, 0.3) is 0 Å². The van der Waals surface area contributed by atoms with E-state index < -0.39 is 0 Å². The Morgan fingerprint density at radius 1 is 1.22 bits per heavy atom. The molecule has 1 aliphatic carbocycles. The fraction of sp³-hybridized carbons (Fsp3) is 0.615. The zero-order chi connectivity index (χ0) is 12.6. The number of hydrogen-bond donors (Lipinski definition) is 3.